The highest BCUT2D eigenvalue weighted by atomic mass is 16.6. The Morgan fingerprint density at radius 1 is 1.47 bits per heavy atom. The maximum Gasteiger partial charge on any atom is 0.292 e. The second kappa shape index (κ2) is 6.14. The van der Waals surface area contributed by atoms with E-state index in [0.29, 0.717) is 5.69 Å². The number of amides is 1. The second-order valence-electron chi connectivity index (χ2n) is 4.39. The molecule has 0 spiro atoms. The SMILES string of the molecule is O=C(CNc1ccccc1[N+](=O)[O-])NC1CCNC1. The first-order valence-corrected chi connectivity index (χ1v) is 6.14. The topological polar surface area (TPSA) is 96.3 Å². The zero-order chi connectivity index (χ0) is 13.7. The fourth-order valence-electron chi connectivity index (χ4n) is 2.01. The minimum Gasteiger partial charge on any atom is -0.371 e. The van der Waals surface area contributed by atoms with Crippen LogP contribution in [-0.4, -0.2) is 36.5 Å². The molecule has 1 atom stereocenters. The summed E-state index contributed by atoms with van der Waals surface area (Å²) in [6, 6.07) is 6.42. The molecule has 1 saturated heterocycles. The molecule has 7 nitrogen and oxygen atoms in total. The van der Waals surface area contributed by atoms with Gasteiger partial charge in [-0.05, 0) is 19.0 Å². The molecule has 0 radical (unpaired) electrons. The van der Waals surface area contributed by atoms with Crippen molar-refractivity contribution in [2.75, 3.05) is 25.0 Å². The Bertz CT molecular complexity index is 472. The number of hydrogen-bond donors (Lipinski definition) is 3. The number of carbonyl (C=O) groups is 1. The minimum absolute atomic E-state index is 0.0291. The third-order valence-corrected chi connectivity index (χ3v) is 2.97. The third-order valence-electron chi connectivity index (χ3n) is 2.97. The van der Waals surface area contributed by atoms with Crippen LogP contribution in [0.15, 0.2) is 24.3 Å². The van der Waals surface area contributed by atoms with Gasteiger partial charge in [-0.25, -0.2) is 0 Å². The first kappa shape index (κ1) is 13.3. The van der Waals surface area contributed by atoms with Crippen LogP contribution in [0.2, 0.25) is 0 Å². The van der Waals surface area contributed by atoms with E-state index >= 15 is 0 Å². The molecule has 3 N–H and O–H groups in total. The van der Waals surface area contributed by atoms with Gasteiger partial charge in [-0.1, -0.05) is 12.1 Å². The van der Waals surface area contributed by atoms with E-state index in [2.05, 4.69) is 16.0 Å². The van der Waals surface area contributed by atoms with Crippen LogP contribution in [0, 0.1) is 10.1 Å². The smallest absolute Gasteiger partial charge is 0.292 e. The predicted octanol–water partition coefficient (Wildman–Crippen LogP) is 0.485. The predicted molar refractivity (Wildman–Crippen MR) is 71.0 cm³/mol. The molecule has 2 rings (SSSR count). The highest BCUT2D eigenvalue weighted by molar-refractivity contribution is 5.82. The number of nitrogens with one attached hydrogen (secondary N) is 3. The van der Waals surface area contributed by atoms with Gasteiger partial charge in [0.25, 0.3) is 5.69 Å². The van der Waals surface area contributed by atoms with Crippen molar-refractivity contribution in [2.24, 2.45) is 0 Å². The third kappa shape index (κ3) is 3.65. The number of hydrogen-bond acceptors (Lipinski definition) is 5. The zero-order valence-corrected chi connectivity index (χ0v) is 10.4. The fourth-order valence-corrected chi connectivity index (χ4v) is 2.01. The molecule has 0 aromatic heterocycles. The Kier molecular flexibility index (Phi) is 4.30. The van der Waals surface area contributed by atoms with Crippen molar-refractivity contribution >= 4 is 17.3 Å². The van der Waals surface area contributed by atoms with Gasteiger partial charge in [0, 0.05) is 18.7 Å². The molecule has 7 heteroatoms. The quantitative estimate of drug-likeness (QED) is 0.531. The summed E-state index contributed by atoms with van der Waals surface area (Å²) in [6.07, 6.45) is 0.914. The molecule has 1 aliphatic rings. The molecular formula is C12H16N4O3. The van der Waals surface area contributed by atoms with Crippen LogP contribution in [0.3, 0.4) is 0 Å². The Labute approximate surface area is 110 Å². The van der Waals surface area contributed by atoms with E-state index in [-0.39, 0.29) is 24.2 Å². The first-order chi connectivity index (χ1) is 9.16. The lowest BCUT2D eigenvalue weighted by Gasteiger charge is -2.12. The minimum atomic E-state index is -0.471. The molecule has 1 fully saturated rings. The van der Waals surface area contributed by atoms with Gasteiger partial charge in [0.1, 0.15) is 5.69 Å². The van der Waals surface area contributed by atoms with E-state index in [1.54, 1.807) is 18.2 Å². The largest absolute Gasteiger partial charge is 0.371 e. The van der Waals surface area contributed by atoms with E-state index in [9.17, 15) is 14.9 Å². The van der Waals surface area contributed by atoms with E-state index in [0.717, 1.165) is 19.5 Å². The van der Waals surface area contributed by atoms with Crippen LogP contribution in [0.4, 0.5) is 11.4 Å². The average Bonchev–Trinajstić information content (AvgIpc) is 2.89. The van der Waals surface area contributed by atoms with Crippen molar-refractivity contribution < 1.29 is 9.72 Å². The van der Waals surface area contributed by atoms with Crippen LogP contribution >= 0.6 is 0 Å². The van der Waals surface area contributed by atoms with Crippen molar-refractivity contribution in [3.63, 3.8) is 0 Å². The number of nitrogens with zero attached hydrogens (tertiary/aromatic N) is 1. The van der Waals surface area contributed by atoms with Crippen molar-refractivity contribution in [2.45, 2.75) is 12.5 Å². The van der Waals surface area contributed by atoms with Crippen LogP contribution in [0.1, 0.15) is 6.42 Å². The monoisotopic (exact) mass is 264 g/mol. The summed E-state index contributed by atoms with van der Waals surface area (Å²) >= 11 is 0. The van der Waals surface area contributed by atoms with Gasteiger partial charge in [0.05, 0.1) is 11.5 Å². The van der Waals surface area contributed by atoms with Crippen LogP contribution < -0.4 is 16.0 Å². The lowest BCUT2D eigenvalue weighted by atomic mass is 10.2. The summed E-state index contributed by atoms with van der Waals surface area (Å²) in [7, 11) is 0. The van der Waals surface area contributed by atoms with Gasteiger partial charge in [0.15, 0.2) is 0 Å². The van der Waals surface area contributed by atoms with Crippen molar-refractivity contribution in [3.8, 4) is 0 Å². The maximum absolute atomic E-state index is 11.7. The molecule has 0 bridgehead atoms. The first-order valence-electron chi connectivity index (χ1n) is 6.14. The summed E-state index contributed by atoms with van der Waals surface area (Å²) in [5, 5.41) is 19.6. The van der Waals surface area contributed by atoms with Gasteiger partial charge in [-0.2, -0.15) is 0 Å². The maximum atomic E-state index is 11.7. The number of anilines is 1. The van der Waals surface area contributed by atoms with E-state index in [1.165, 1.54) is 6.07 Å². The summed E-state index contributed by atoms with van der Waals surface area (Å²) in [5.41, 5.74) is 0.324. The van der Waals surface area contributed by atoms with Gasteiger partial charge in [0.2, 0.25) is 5.91 Å². The highest BCUT2D eigenvalue weighted by Crippen LogP contribution is 2.22. The number of rotatable bonds is 5. The molecule has 19 heavy (non-hydrogen) atoms. The molecule has 1 unspecified atom stereocenters. The van der Waals surface area contributed by atoms with Crippen molar-refractivity contribution in [1.29, 1.82) is 0 Å². The van der Waals surface area contributed by atoms with Crippen molar-refractivity contribution in [3.05, 3.63) is 34.4 Å². The molecule has 1 amide bonds. The normalized spacial score (nSPS) is 18.0. The number of carbonyl (C=O) groups excluding carboxylic acids is 1. The van der Waals surface area contributed by atoms with Gasteiger partial charge in [-0.15, -0.1) is 0 Å². The molecule has 1 aromatic carbocycles. The Morgan fingerprint density at radius 2 is 2.26 bits per heavy atom. The second-order valence-corrected chi connectivity index (χ2v) is 4.39. The molecular weight excluding hydrogens is 248 g/mol. The lowest BCUT2D eigenvalue weighted by Crippen LogP contribution is -2.39. The molecule has 0 saturated carbocycles. The van der Waals surface area contributed by atoms with E-state index < -0.39 is 4.92 Å². The Morgan fingerprint density at radius 3 is 2.95 bits per heavy atom. The number of nitro benzene ring substituents is 1. The van der Waals surface area contributed by atoms with E-state index in [4.69, 9.17) is 0 Å². The summed E-state index contributed by atoms with van der Waals surface area (Å²) in [6.45, 7) is 1.71. The van der Waals surface area contributed by atoms with Crippen LogP contribution in [0.5, 0.6) is 0 Å². The fraction of sp³-hybridized carbons (Fsp3) is 0.417. The number of benzene rings is 1. The zero-order valence-electron chi connectivity index (χ0n) is 10.4. The van der Waals surface area contributed by atoms with Crippen LogP contribution in [-0.2, 0) is 4.79 Å². The molecule has 102 valence electrons. The average molecular weight is 264 g/mol. The van der Waals surface area contributed by atoms with E-state index in [1.807, 2.05) is 0 Å². The summed E-state index contributed by atoms with van der Waals surface area (Å²) in [4.78, 5) is 22.0. The Balaban J connectivity index is 1.87. The highest BCUT2D eigenvalue weighted by Gasteiger charge is 2.17. The summed E-state index contributed by atoms with van der Waals surface area (Å²) in [5.74, 6) is -0.160. The number of nitro groups is 1. The molecule has 1 heterocycles. The summed E-state index contributed by atoms with van der Waals surface area (Å²) < 4.78 is 0. The molecule has 0 aliphatic carbocycles. The molecule has 1 aliphatic heterocycles. The lowest BCUT2D eigenvalue weighted by molar-refractivity contribution is -0.383. The van der Waals surface area contributed by atoms with Gasteiger partial charge < -0.3 is 16.0 Å². The molecule has 1 aromatic rings. The van der Waals surface area contributed by atoms with Gasteiger partial charge >= 0.3 is 0 Å². The van der Waals surface area contributed by atoms with Crippen LogP contribution in [0.25, 0.3) is 0 Å². The van der Waals surface area contributed by atoms with Gasteiger partial charge in [-0.3, -0.25) is 14.9 Å². The Hall–Kier alpha value is -2.15. The standard InChI is InChI=1S/C12H16N4O3/c17-12(15-9-5-6-13-7-9)8-14-10-3-1-2-4-11(10)16(18)19/h1-4,9,13-14H,5-8H2,(H,15,17). The van der Waals surface area contributed by atoms with Crippen molar-refractivity contribution in [1.82, 2.24) is 10.6 Å². The number of para-hydroxylation sites is 2.